The van der Waals surface area contributed by atoms with Crippen molar-refractivity contribution in [2.75, 3.05) is 20.1 Å². The first-order chi connectivity index (χ1) is 9.50. The number of hydrogen-bond donors (Lipinski definition) is 1. The molecule has 0 radical (unpaired) electrons. The summed E-state index contributed by atoms with van der Waals surface area (Å²) in [6, 6.07) is 3.32. The third-order valence-electron chi connectivity index (χ3n) is 3.32. The molecule has 0 bridgehead atoms. The van der Waals surface area contributed by atoms with Gasteiger partial charge in [-0.1, -0.05) is 6.07 Å². The third kappa shape index (κ3) is 4.29. The highest BCUT2D eigenvalue weighted by Gasteiger charge is 2.23. The molecule has 1 aliphatic carbocycles. The van der Waals surface area contributed by atoms with Crippen LogP contribution in [0.5, 0.6) is 0 Å². The molecular weight excluding hydrogens is 296 g/mol. The molecule has 1 amide bonds. The van der Waals surface area contributed by atoms with Crippen molar-refractivity contribution >= 4 is 27.3 Å². The zero-order valence-electron chi connectivity index (χ0n) is 11.5. The third-order valence-corrected chi connectivity index (χ3v) is 6.55. The Balaban J connectivity index is 1.71. The number of carbonyl (C=O) groups is 1. The van der Waals surface area contributed by atoms with Gasteiger partial charge in [-0.05, 0) is 36.6 Å². The van der Waals surface area contributed by atoms with E-state index in [0.29, 0.717) is 29.5 Å². The topological polar surface area (TPSA) is 66.5 Å². The summed E-state index contributed by atoms with van der Waals surface area (Å²) in [5, 5.41) is 4.62. The monoisotopic (exact) mass is 316 g/mol. The normalized spacial score (nSPS) is 15.5. The van der Waals surface area contributed by atoms with Crippen molar-refractivity contribution in [3.8, 4) is 0 Å². The van der Waals surface area contributed by atoms with Crippen LogP contribution in [0.1, 0.15) is 25.7 Å². The molecule has 1 fully saturated rings. The lowest BCUT2D eigenvalue weighted by Crippen LogP contribution is -2.29. The van der Waals surface area contributed by atoms with Crippen LogP contribution in [0.15, 0.2) is 21.7 Å². The lowest BCUT2D eigenvalue weighted by molar-refractivity contribution is -0.121. The Bertz CT molecular complexity index is 536. The van der Waals surface area contributed by atoms with Gasteiger partial charge in [-0.3, -0.25) is 4.79 Å². The first kappa shape index (κ1) is 15.5. The fourth-order valence-electron chi connectivity index (χ4n) is 1.81. The number of hydrogen-bond acceptors (Lipinski definition) is 4. The van der Waals surface area contributed by atoms with Crippen molar-refractivity contribution in [1.82, 2.24) is 9.62 Å². The molecule has 0 spiro atoms. The Morgan fingerprint density at radius 2 is 2.25 bits per heavy atom. The zero-order chi connectivity index (χ0) is 14.6. The molecule has 1 aromatic heterocycles. The zero-order valence-corrected chi connectivity index (χ0v) is 13.2. The van der Waals surface area contributed by atoms with E-state index >= 15 is 0 Å². The van der Waals surface area contributed by atoms with Crippen LogP contribution in [0, 0.1) is 5.92 Å². The van der Waals surface area contributed by atoms with Gasteiger partial charge < -0.3 is 5.32 Å². The number of rotatable bonds is 8. The fourth-order valence-corrected chi connectivity index (χ4v) is 4.23. The van der Waals surface area contributed by atoms with Crippen molar-refractivity contribution in [3.05, 3.63) is 17.5 Å². The van der Waals surface area contributed by atoms with Gasteiger partial charge >= 0.3 is 0 Å². The molecule has 1 N–H and O–H groups in total. The summed E-state index contributed by atoms with van der Waals surface area (Å²) in [6.07, 6.45) is 3.33. The molecule has 112 valence electrons. The second-order valence-electron chi connectivity index (χ2n) is 5.11. The summed E-state index contributed by atoms with van der Waals surface area (Å²) in [7, 11) is -1.84. The molecule has 0 unspecified atom stereocenters. The summed E-state index contributed by atoms with van der Waals surface area (Å²) in [5.41, 5.74) is 0. The number of nitrogens with zero attached hydrogens (tertiary/aromatic N) is 1. The van der Waals surface area contributed by atoms with Crippen LogP contribution in [0.2, 0.25) is 0 Å². The predicted molar refractivity (Wildman–Crippen MR) is 79.1 cm³/mol. The van der Waals surface area contributed by atoms with Crippen molar-refractivity contribution < 1.29 is 13.2 Å². The minimum Gasteiger partial charge on any atom is -0.356 e. The molecule has 20 heavy (non-hydrogen) atoms. The molecule has 0 aliphatic heterocycles. The Morgan fingerprint density at radius 3 is 2.85 bits per heavy atom. The van der Waals surface area contributed by atoms with Crippen LogP contribution < -0.4 is 5.32 Å². The second-order valence-corrected chi connectivity index (χ2v) is 8.33. The van der Waals surface area contributed by atoms with Gasteiger partial charge in [-0.25, -0.2) is 12.7 Å². The van der Waals surface area contributed by atoms with Gasteiger partial charge in [0.1, 0.15) is 4.21 Å². The van der Waals surface area contributed by atoms with Crippen molar-refractivity contribution in [3.63, 3.8) is 0 Å². The number of sulfonamides is 1. The molecule has 1 heterocycles. The first-order valence-corrected chi connectivity index (χ1v) is 9.08. The van der Waals surface area contributed by atoms with Crippen molar-refractivity contribution in [2.45, 2.75) is 29.9 Å². The molecular formula is C13H20N2O3S2. The summed E-state index contributed by atoms with van der Waals surface area (Å²) < 4.78 is 25.9. The summed E-state index contributed by atoms with van der Waals surface area (Å²) in [6.45, 7) is 1.12. The van der Waals surface area contributed by atoms with E-state index in [9.17, 15) is 13.2 Å². The van der Waals surface area contributed by atoms with Gasteiger partial charge in [0.2, 0.25) is 5.91 Å². The fraction of sp³-hybridized carbons (Fsp3) is 0.615. The summed E-state index contributed by atoms with van der Waals surface area (Å²) >= 11 is 1.21. The number of amides is 1. The Morgan fingerprint density at radius 1 is 1.50 bits per heavy atom. The number of nitrogens with one attached hydrogen (secondary N) is 1. The minimum atomic E-state index is -3.39. The lowest BCUT2D eigenvalue weighted by atomic mass is 10.3. The molecule has 0 aromatic carbocycles. The van der Waals surface area contributed by atoms with Crippen LogP contribution in [-0.2, 0) is 14.8 Å². The maximum atomic E-state index is 12.1. The maximum absolute atomic E-state index is 12.1. The van der Waals surface area contributed by atoms with Gasteiger partial charge in [0.15, 0.2) is 0 Å². The highest BCUT2D eigenvalue weighted by molar-refractivity contribution is 7.91. The van der Waals surface area contributed by atoms with E-state index in [0.717, 1.165) is 6.54 Å². The summed E-state index contributed by atoms with van der Waals surface area (Å²) in [4.78, 5) is 11.6. The molecule has 1 saturated carbocycles. The van der Waals surface area contributed by atoms with E-state index in [1.54, 1.807) is 24.6 Å². The minimum absolute atomic E-state index is 0.0128. The molecule has 0 saturated heterocycles. The SMILES string of the molecule is CN(CCCC(=O)NCC1CC1)S(=O)(=O)c1cccs1. The predicted octanol–water partition coefficient (Wildman–Crippen LogP) is 1.67. The van der Waals surface area contributed by atoms with Gasteiger partial charge in [0, 0.05) is 26.6 Å². The maximum Gasteiger partial charge on any atom is 0.252 e. The van der Waals surface area contributed by atoms with E-state index in [2.05, 4.69) is 5.32 Å². The van der Waals surface area contributed by atoms with Crippen molar-refractivity contribution in [2.24, 2.45) is 5.92 Å². The van der Waals surface area contributed by atoms with Crippen LogP contribution in [-0.4, -0.2) is 38.8 Å². The van der Waals surface area contributed by atoms with Crippen LogP contribution in [0.25, 0.3) is 0 Å². The van der Waals surface area contributed by atoms with Crippen molar-refractivity contribution in [1.29, 1.82) is 0 Å². The van der Waals surface area contributed by atoms with E-state index in [1.807, 2.05) is 0 Å². The van der Waals surface area contributed by atoms with Gasteiger partial charge in [0.25, 0.3) is 10.0 Å². The summed E-state index contributed by atoms with van der Waals surface area (Å²) in [5.74, 6) is 0.680. The molecule has 5 nitrogen and oxygen atoms in total. The quantitative estimate of drug-likeness (QED) is 0.793. The average Bonchev–Trinajstić information content (AvgIpc) is 3.06. The molecule has 7 heteroatoms. The van der Waals surface area contributed by atoms with E-state index < -0.39 is 10.0 Å². The van der Waals surface area contributed by atoms with E-state index in [-0.39, 0.29) is 5.91 Å². The van der Waals surface area contributed by atoms with Gasteiger partial charge in [-0.2, -0.15) is 0 Å². The molecule has 1 aromatic rings. The van der Waals surface area contributed by atoms with Gasteiger partial charge in [-0.15, -0.1) is 11.3 Å². The Kier molecular flexibility index (Phi) is 5.17. The Labute approximate surface area is 124 Å². The average molecular weight is 316 g/mol. The van der Waals surface area contributed by atoms with Crippen LogP contribution >= 0.6 is 11.3 Å². The highest BCUT2D eigenvalue weighted by Crippen LogP contribution is 2.27. The first-order valence-electron chi connectivity index (χ1n) is 6.76. The van der Waals surface area contributed by atoms with Crippen LogP contribution in [0.3, 0.4) is 0 Å². The molecule has 2 rings (SSSR count). The standard InChI is InChI=1S/C13H20N2O3S2/c1-15(20(17,18)13-5-3-9-19-13)8-2-4-12(16)14-10-11-6-7-11/h3,5,9,11H,2,4,6-8,10H2,1H3,(H,14,16). The number of carbonyl (C=O) groups excluding carboxylic acids is 1. The lowest BCUT2D eigenvalue weighted by Gasteiger charge is -2.15. The largest absolute Gasteiger partial charge is 0.356 e. The van der Waals surface area contributed by atoms with E-state index in [1.165, 1.54) is 28.5 Å². The highest BCUT2D eigenvalue weighted by atomic mass is 32.2. The molecule has 0 atom stereocenters. The van der Waals surface area contributed by atoms with E-state index in [4.69, 9.17) is 0 Å². The van der Waals surface area contributed by atoms with Gasteiger partial charge in [0.05, 0.1) is 0 Å². The smallest absolute Gasteiger partial charge is 0.252 e. The number of thiophene rings is 1. The Hall–Kier alpha value is -0.920. The van der Waals surface area contributed by atoms with Crippen LogP contribution in [0.4, 0.5) is 0 Å². The second kappa shape index (κ2) is 6.69. The molecule has 1 aliphatic rings.